The maximum atomic E-state index is 12.9. The number of methoxy groups -OCH3 is 1. The molecule has 5 heteroatoms. The predicted molar refractivity (Wildman–Crippen MR) is 67.3 cm³/mol. The van der Waals surface area contributed by atoms with E-state index in [9.17, 15) is 13.2 Å². The van der Waals surface area contributed by atoms with E-state index in [1.54, 1.807) is 6.07 Å². The lowest BCUT2D eigenvalue weighted by Gasteiger charge is -2.24. The summed E-state index contributed by atoms with van der Waals surface area (Å²) in [7, 11) is 1.26. The van der Waals surface area contributed by atoms with Crippen LogP contribution >= 0.6 is 0 Å². The smallest absolute Gasteiger partial charge is 0.419 e. The molecule has 1 N–H and O–H groups in total. The molecule has 0 spiro atoms. The third-order valence-corrected chi connectivity index (χ3v) is 3.46. The molecule has 1 unspecified atom stereocenters. The first-order valence-electron chi connectivity index (χ1n) is 6.48. The van der Waals surface area contributed by atoms with Gasteiger partial charge in [-0.3, -0.25) is 0 Å². The standard InChI is InChI=1S/C14H18F3NO/c1-19-13-6-5-10(9-12(13)14(15,16)17)8-11-4-2-3-7-18-11/h5-6,9,11,18H,2-4,7-8H2,1H3. The number of rotatable bonds is 3. The van der Waals surface area contributed by atoms with Gasteiger partial charge in [0.15, 0.2) is 0 Å². The summed E-state index contributed by atoms with van der Waals surface area (Å²) in [6, 6.07) is 4.60. The lowest BCUT2D eigenvalue weighted by molar-refractivity contribution is -0.138. The summed E-state index contributed by atoms with van der Waals surface area (Å²) in [4.78, 5) is 0. The third-order valence-electron chi connectivity index (χ3n) is 3.46. The van der Waals surface area contributed by atoms with Crippen LogP contribution in [0.1, 0.15) is 30.4 Å². The summed E-state index contributed by atoms with van der Waals surface area (Å²) < 4.78 is 43.5. The summed E-state index contributed by atoms with van der Waals surface area (Å²) in [6.45, 7) is 0.951. The van der Waals surface area contributed by atoms with E-state index >= 15 is 0 Å². The van der Waals surface area contributed by atoms with Crippen LogP contribution in [0.5, 0.6) is 5.75 Å². The Bertz CT molecular complexity index is 425. The van der Waals surface area contributed by atoms with E-state index < -0.39 is 11.7 Å². The average molecular weight is 273 g/mol. The zero-order valence-electron chi connectivity index (χ0n) is 10.9. The number of halogens is 3. The number of benzene rings is 1. The van der Waals surface area contributed by atoms with Crippen molar-refractivity contribution >= 4 is 0 Å². The van der Waals surface area contributed by atoms with E-state index in [-0.39, 0.29) is 11.8 Å². The maximum absolute atomic E-state index is 12.9. The molecule has 0 saturated carbocycles. The van der Waals surface area contributed by atoms with E-state index in [1.807, 2.05) is 0 Å². The van der Waals surface area contributed by atoms with Gasteiger partial charge in [0.05, 0.1) is 12.7 Å². The van der Waals surface area contributed by atoms with Crippen molar-refractivity contribution in [3.8, 4) is 5.75 Å². The van der Waals surface area contributed by atoms with Gasteiger partial charge in [-0.2, -0.15) is 13.2 Å². The van der Waals surface area contributed by atoms with E-state index in [0.29, 0.717) is 12.0 Å². The number of hydrogen-bond acceptors (Lipinski definition) is 2. The molecule has 1 saturated heterocycles. The Morgan fingerprint density at radius 2 is 2.11 bits per heavy atom. The SMILES string of the molecule is COc1ccc(CC2CCCCN2)cc1C(F)(F)F. The summed E-state index contributed by atoms with van der Waals surface area (Å²) in [5, 5.41) is 3.34. The quantitative estimate of drug-likeness (QED) is 0.911. The molecular formula is C14H18F3NO. The Morgan fingerprint density at radius 1 is 1.32 bits per heavy atom. The molecule has 0 bridgehead atoms. The minimum absolute atomic E-state index is 0.118. The summed E-state index contributed by atoms with van der Waals surface area (Å²) in [5.41, 5.74) is 0.0100. The molecule has 1 aliphatic rings. The molecule has 1 aromatic rings. The zero-order chi connectivity index (χ0) is 13.9. The van der Waals surface area contributed by atoms with E-state index in [2.05, 4.69) is 5.32 Å². The van der Waals surface area contributed by atoms with Crippen LogP contribution in [0.4, 0.5) is 13.2 Å². The molecule has 1 fully saturated rings. The highest BCUT2D eigenvalue weighted by molar-refractivity contribution is 5.39. The zero-order valence-corrected chi connectivity index (χ0v) is 10.9. The minimum Gasteiger partial charge on any atom is -0.496 e. The molecule has 1 heterocycles. The fourth-order valence-corrected chi connectivity index (χ4v) is 2.49. The molecule has 2 nitrogen and oxygen atoms in total. The molecule has 1 aromatic carbocycles. The Hall–Kier alpha value is -1.23. The Labute approximate surface area is 111 Å². The van der Waals surface area contributed by atoms with Crippen LogP contribution in [-0.2, 0) is 12.6 Å². The van der Waals surface area contributed by atoms with Gasteiger partial charge in [-0.05, 0) is 43.5 Å². The topological polar surface area (TPSA) is 21.3 Å². The van der Waals surface area contributed by atoms with Crippen molar-refractivity contribution in [2.24, 2.45) is 0 Å². The third kappa shape index (κ3) is 3.62. The maximum Gasteiger partial charge on any atom is 0.419 e. The molecule has 0 amide bonds. The van der Waals surface area contributed by atoms with Crippen molar-refractivity contribution in [2.45, 2.75) is 37.9 Å². The Kier molecular flexibility index (Phi) is 4.34. The van der Waals surface area contributed by atoms with Crippen molar-refractivity contribution < 1.29 is 17.9 Å². The van der Waals surface area contributed by atoms with Gasteiger partial charge in [-0.1, -0.05) is 12.5 Å². The van der Waals surface area contributed by atoms with Crippen LogP contribution in [-0.4, -0.2) is 19.7 Å². The fourth-order valence-electron chi connectivity index (χ4n) is 2.49. The molecule has 106 valence electrons. The first kappa shape index (κ1) is 14.2. The van der Waals surface area contributed by atoms with Gasteiger partial charge >= 0.3 is 6.18 Å². The van der Waals surface area contributed by atoms with Crippen molar-refractivity contribution in [1.29, 1.82) is 0 Å². The lowest BCUT2D eigenvalue weighted by Crippen LogP contribution is -2.35. The molecule has 1 aliphatic heterocycles. The van der Waals surface area contributed by atoms with E-state index in [1.165, 1.54) is 19.2 Å². The van der Waals surface area contributed by atoms with Crippen LogP contribution in [0.3, 0.4) is 0 Å². The summed E-state index contributed by atoms with van der Waals surface area (Å²) in [5.74, 6) is -0.118. The van der Waals surface area contributed by atoms with Crippen LogP contribution in [0.2, 0.25) is 0 Å². The van der Waals surface area contributed by atoms with Crippen molar-refractivity contribution in [3.63, 3.8) is 0 Å². The predicted octanol–water partition coefficient (Wildman–Crippen LogP) is 3.40. The fraction of sp³-hybridized carbons (Fsp3) is 0.571. The highest BCUT2D eigenvalue weighted by Gasteiger charge is 2.34. The molecular weight excluding hydrogens is 255 g/mol. The number of nitrogens with one attached hydrogen (secondary N) is 1. The van der Waals surface area contributed by atoms with E-state index in [0.717, 1.165) is 25.8 Å². The van der Waals surface area contributed by atoms with Gasteiger partial charge in [-0.15, -0.1) is 0 Å². The molecule has 0 radical (unpaired) electrons. The second kappa shape index (κ2) is 5.82. The number of piperidine rings is 1. The largest absolute Gasteiger partial charge is 0.496 e. The molecule has 19 heavy (non-hydrogen) atoms. The minimum atomic E-state index is -4.37. The number of ether oxygens (including phenoxy) is 1. The molecule has 0 aliphatic carbocycles. The monoisotopic (exact) mass is 273 g/mol. The van der Waals surface area contributed by atoms with Gasteiger partial charge in [0, 0.05) is 6.04 Å². The van der Waals surface area contributed by atoms with Crippen molar-refractivity contribution in [1.82, 2.24) is 5.32 Å². The molecule has 0 aromatic heterocycles. The summed E-state index contributed by atoms with van der Waals surface area (Å²) in [6.07, 6.45) is -0.436. The van der Waals surface area contributed by atoms with Gasteiger partial charge in [0.1, 0.15) is 5.75 Å². The van der Waals surface area contributed by atoms with Gasteiger partial charge in [-0.25, -0.2) is 0 Å². The number of alkyl halides is 3. The van der Waals surface area contributed by atoms with Gasteiger partial charge in [0.25, 0.3) is 0 Å². The summed E-state index contributed by atoms with van der Waals surface area (Å²) >= 11 is 0. The highest BCUT2D eigenvalue weighted by Crippen LogP contribution is 2.36. The number of hydrogen-bond donors (Lipinski definition) is 1. The highest BCUT2D eigenvalue weighted by atomic mass is 19.4. The van der Waals surface area contributed by atoms with Crippen molar-refractivity contribution in [3.05, 3.63) is 29.3 Å². The lowest BCUT2D eigenvalue weighted by atomic mass is 9.96. The second-order valence-corrected chi connectivity index (χ2v) is 4.88. The van der Waals surface area contributed by atoms with Gasteiger partial charge in [0.2, 0.25) is 0 Å². The van der Waals surface area contributed by atoms with Gasteiger partial charge < -0.3 is 10.1 Å². The van der Waals surface area contributed by atoms with Crippen molar-refractivity contribution in [2.75, 3.05) is 13.7 Å². The van der Waals surface area contributed by atoms with Crippen LogP contribution < -0.4 is 10.1 Å². The average Bonchev–Trinajstić information content (AvgIpc) is 2.39. The first-order valence-corrected chi connectivity index (χ1v) is 6.48. The normalized spacial score (nSPS) is 20.3. The second-order valence-electron chi connectivity index (χ2n) is 4.88. The molecule has 1 atom stereocenters. The van der Waals surface area contributed by atoms with Crippen LogP contribution in [0.15, 0.2) is 18.2 Å². The van der Waals surface area contributed by atoms with E-state index in [4.69, 9.17) is 4.74 Å². The first-order chi connectivity index (χ1) is 9.00. The molecule has 2 rings (SSSR count). The Balaban J connectivity index is 2.17. The Morgan fingerprint density at radius 3 is 2.68 bits per heavy atom. The van der Waals surface area contributed by atoms with Crippen LogP contribution in [0.25, 0.3) is 0 Å². The van der Waals surface area contributed by atoms with Crippen LogP contribution in [0, 0.1) is 0 Å².